The van der Waals surface area contributed by atoms with E-state index in [1.807, 2.05) is 0 Å². The molecule has 0 saturated carbocycles. The summed E-state index contributed by atoms with van der Waals surface area (Å²) in [5, 5.41) is 40.3. The number of hydrogen-bond donors (Lipinski definition) is 8. The number of carboxylic acid groups (broad SMARTS) is 2. The van der Waals surface area contributed by atoms with Gasteiger partial charge in [0.25, 0.3) is 0 Å². The van der Waals surface area contributed by atoms with Gasteiger partial charge in [-0.25, -0.2) is 9.59 Å². The van der Waals surface area contributed by atoms with Crippen molar-refractivity contribution in [1.29, 1.82) is 0 Å². The van der Waals surface area contributed by atoms with Gasteiger partial charge in [0.1, 0.15) is 25.3 Å². The summed E-state index contributed by atoms with van der Waals surface area (Å²) in [7, 11) is 1.61. The van der Waals surface area contributed by atoms with Crippen LogP contribution in [-0.2, 0) is 43.0 Å². The number of aliphatic hydroxyl groups is 1. The number of ether oxygens (including phenoxy) is 2. The van der Waals surface area contributed by atoms with E-state index in [1.165, 1.54) is 0 Å². The Hall–Kier alpha value is -3.67. The van der Waals surface area contributed by atoms with E-state index >= 15 is 0 Å². The topological polar surface area (TPSA) is 259 Å². The van der Waals surface area contributed by atoms with E-state index in [0.717, 1.165) is 0 Å². The molecule has 0 unspecified atom stereocenters. The number of amides is 4. The molecule has 0 aliphatic carbocycles. The minimum absolute atomic E-state index is 0.0502. The highest BCUT2D eigenvalue weighted by Gasteiger charge is 2.24. The molecule has 0 aromatic rings. The summed E-state index contributed by atoms with van der Waals surface area (Å²) in [6.07, 6.45) is 0.910. The fourth-order valence-electron chi connectivity index (χ4n) is 3.71. The summed E-state index contributed by atoms with van der Waals surface area (Å²) in [6, 6.07) is -3.28. The standard InChI is InChI=1S/C27H47N5O12/c1-3-22(35)30-12-13-43-14-15-44-17-25(38)32-20(27(41)42)8-10-24(37)31-19(26(39)40)7-9-23(36)29-11-5-4-6-18(28-2)21(34)16-33/h18-20,28,33H,3-17H2,1-2H3,(H,29,36)(H,30,35)(H,31,37)(H,32,38)(H,39,40)(H,41,42)/t18-,19-,20-/m0/s1. The number of rotatable bonds is 27. The second-order valence-corrected chi connectivity index (χ2v) is 9.67. The molecule has 0 aliphatic rings. The number of Topliss-reactive ketones (excluding diaryl/α,β-unsaturated/α-hetero) is 1. The number of carbonyl (C=O) groups is 7. The van der Waals surface area contributed by atoms with Crippen LogP contribution in [0.4, 0.5) is 0 Å². The Morgan fingerprint density at radius 1 is 0.659 bits per heavy atom. The first-order valence-electron chi connectivity index (χ1n) is 14.5. The Kier molecular flexibility index (Phi) is 22.7. The zero-order valence-electron chi connectivity index (χ0n) is 25.4. The number of hydrogen-bond acceptors (Lipinski definition) is 11. The van der Waals surface area contributed by atoms with Gasteiger partial charge in [-0.3, -0.25) is 24.0 Å². The van der Waals surface area contributed by atoms with Crippen molar-refractivity contribution in [3.8, 4) is 0 Å². The molecule has 0 bridgehead atoms. The lowest BCUT2D eigenvalue weighted by Crippen LogP contribution is -2.45. The number of nitrogens with one attached hydrogen (secondary N) is 5. The molecule has 0 rings (SSSR count). The summed E-state index contributed by atoms with van der Waals surface area (Å²) < 4.78 is 10.3. The van der Waals surface area contributed by atoms with Crippen molar-refractivity contribution in [2.75, 3.05) is 53.2 Å². The summed E-state index contributed by atoms with van der Waals surface area (Å²) in [4.78, 5) is 82.1. The number of likely N-dealkylation sites (N-methyl/N-ethyl adjacent to an activating group) is 1. The average molecular weight is 634 g/mol. The van der Waals surface area contributed by atoms with Gasteiger partial charge in [0.05, 0.1) is 25.9 Å². The lowest BCUT2D eigenvalue weighted by Gasteiger charge is -2.17. The molecular formula is C27H47N5O12. The molecule has 0 spiro atoms. The molecule has 8 N–H and O–H groups in total. The van der Waals surface area contributed by atoms with Gasteiger partial charge in [0.2, 0.25) is 23.6 Å². The molecule has 0 fully saturated rings. The van der Waals surface area contributed by atoms with E-state index in [0.29, 0.717) is 38.8 Å². The monoisotopic (exact) mass is 633 g/mol. The van der Waals surface area contributed by atoms with Crippen LogP contribution in [0.25, 0.3) is 0 Å². The van der Waals surface area contributed by atoms with E-state index in [2.05, 4.69) is 26.6 Å². The maximum atomic E-state index is 12.3. The number of ketones is 1. The lowest BCUT2D eigenvalue weighted by molar-refractivity contribution is -0.144. The molecule has 3 atom stereocenters. The molecule has 0 saturated heterocycles. The first-order valence-corrected chi connectivity index (χ1v) is 14.5. The third-order valence-corrected chi connectivity index (χ3v) is 6.22. The van der Waals surface area contributed by atoms with Crippen LogP contribution in [-0.4, -0.2) is 128 Å². The number of carboxylic acids is 2. The largest absolute Gasteiger partial charge is 0.480 e. The highest BCUT2D eigenvalue weighted by molar-refractivity contribution is 5.87. The SMILES string of the molecule is CCC(=O)NCCOCCOCC(=O)N[C@@H](CCC(=O)N[C@@H](CCC(=O)NCCCC[C@H](NC)C(=O)CO)C(=O)O)C(=O)O. The Balaban J connectivity index is 4.34. The average Bonchev–Trinajstić information content (AvgIpc) is 2.99. The van der Waals surface area contributed by atoms with Crippen molar-refractivity contribution >= 4 is 41.4 Å². The normalized spacial score (nSPS) is 12.8. The first kappa shape index (κ1) is 40.3. The molecule has 0 aromatic carbocycles. The molecule has 0 aliphatic heterocycles. The van der Waals surface area contributed by atoms with Gasteiger partial charge in [-0.05, 0) is 39.2 Å². The van der Waals surface area contributed by atoms with Crippen LogP contribution in [0.3, 0.4) is 0 Å². The quantitative estimate of drug-likeness (QED) is 0.0443. The van der Waals surface area contributed by atoms with Crippen LogP contribution in [0.5, 0.6) is 0 Å². The van der Waals surface area contributed by atoms with E-state index in [4.69, 9.17) is 14.6 Å². The maximum Gasteiger partial charge on any atom is 0.326 e. The molecule has 0 radical (unpaired) electrons. The van der Waals surface area contributed by atoms with E-state index < -0.39 is 67.4 Å². The van der Waals surface area contributed by atoms with Gasteiger partial charge in [0, 0.05) is 32.4 Å². The highest BCUT2D eigenvalue weighted by Crippen LogP contribution is 2.04. The third-order valence-electron chi connectivity index (χ3n) is 6.22. The molecule has 44 heavy (non-hydrogen) atoms. The number of aliphatic carboxylic acids is 2. The summed E-state index contributed by atoms with van der Waals surface area (Å²) in [5.41, 5.74) is 0. The van der Waals surface area contributed by atoms with Gasteiger partial charge in [-0.2, -0.15) is 0 Å². The lowest BCUT2D eigenvalue weighted by atomic mass is 10.1. The molecule has 17 heteroatoms. The summed E-state index contributed by atoms with van der Waals surface area (Å²) >= 11 is 0. The van der Waals surface area contributed by atoms with Crippen LogP contribution in [0.15, 0.2) is 0 Å². The smallest absolute Gasteiger partial charge is 0.326 e. The van der Waals surface area contributed by atoms with E-state index in [9.17, 15) is 43.8 Å². The van der Waals surface area contributed by atoms with E-state index in [-0.39, 0.29) is 50.8 Å². The van der Waals surface area contributed by atoms with Gasteiger partial charge in [-0.1, -0.05) is 6.92 Å². The zero-order chi connectivity index (χ0) is 33.3. The second kappa shape index (κ2) is 24.7. The van der Waals surface area contributed by atoms with Gasteiger partial charge in [0.15, 0.2) is 5.78 Å². The van der Waals surface area contributed by atoms with Gasteiger partial charge >= 0.3 is 11.9 Å². The predicted octanol–water partition coefficient (Wildman–Crippen LogP) is -2.32. The maximum absolute atomic E-state index is 12.3. The Morgan fingerprint density at radius 3 is 1.80 bits per heavy atom. The van der Waals surface area contributed by atoms with Gasteiger partial charge < -0.3 is 51.4 Å². The van der Waals surface area contributed by atoms with Crippen molar-refractivity contribution < 1.29 is 58.4 Å². The predicted molar refractivity (Wildman–Crippen MR) is 154 cm³/mol. The van der Waals surface area contributed by atoms with Crippen LogP contribution in [0, 0.1) is 0 Å². The molecular weight excluding hydrogens is 586 g/mol. The molecule has 252 valence electrons. The van der Waals surface area contributed by atoms with Crippen LogP contribution in [0.1, 0.15) is 58.3 Å². The van der Waals surface area contributed by atoms with Crippen molar-refractivity contribution in [1.82, 2.24) is 26.6 Å². The summed E-state index contributed by atoms with van der Waals surface area (Å²) in [6.45, 7) is 1.81. The number of unbranched alkanes of at least 4 members (excludes halogenated alkanes) is 1. The number of aliphatic hydroxyl groups excluding tert-OH is 1. The third kappa shape index (κ3) is 20.3. The minimum Gasteiger partial charge on any atom is -0.480 e. The second-order valence-electron chi connectivity index (χ2n) is 9.67. The molecule has 0 aromatic heterocycles. The first-order chi connectivity index (χ1) is 20.9. The number of carbonyl (C=O) groups excluding carboxylic acids is 5. The van der Waals surface area contributed by atoms with Crippen molar-refractivity contribution in [3.63, 3.8) is 0 Å². The molecule has 4 amide bonds. The Bertz CT molecular complexity index is 933. The molecule has 0 heterocycles. The fourth-order valence-corrected chi connectivity index (χ4v) is 3.71. The van der Waals surface area contributed by atoms with E-state index in [1.54, 1.807) is 14.0 Å². The van der Waals surface area contributed by atoms with Crippen molar-refractivity contribution in [2.45, 2.75) is 76.4 Å². The fraction of sp³-hybridized carbons (Fsp3) is 0.741. The van der Waals surface area contributed by atoms with Crippen molar-refractivity contribution in [2.24, 2.45) is 0 Å². The van der Waals surface area contributed by atoms with Crippen LogP contribution >= 0.6 is 0 Å². The van der Waals surface area contributed by atoms with Gasteiger partial charge in [-0.15, -0.1) is 0 Å². The zero-order valence-corrected chi connectivity index (χ0v) is 25.4. The van der Waals surface area contributed by atoms with Crippen LogP contribution in [0.2, 0.25) is 0 Å². The van der Waals surface area contributed by atoms with Crippen molar-refractivity contribution in [3.05, 3.63) is 0 Å². The molecule has 17 nitrogen and oxygen atoms in total. The summed E-state index contributed by atoms with van der Waals surface area (Å²) in [5.74, 6) is -5.11. The Labute approximate surface area is 256 Å². The Morgan fingerprint density at radius 2 is 1.23 bits per heavy atom. The van der Waals surface area contributed by atoms with Crippen LogP contribution < -0.4 is 26.6 Å². The highest BCUT2D eigenvalue weighted by atomic mass is 16.5. The minimum atomic E-state index is -1.42.